The summed E-state index contributed by atoms with van der Waals surface area (Å²) in [6.45, 7) is 0. The maximum Gasteiger partial charge on any atom is 0.275 e. The lowest BCUT2D eigenvalue weighted by Gasteiger charge is -2.10. The van der Waals surface area contributed by atoms with Crippen LogP contribution in [-0.2, 0) is 0 Å². The van der Waals surface area contributed by atoms with Crippen LogP contribution in [0.2, 0.25) is 0 Å². The first-order chi connectivity index (χ1) is 11.3. The fourth-order valence-corrected chi connectivity index (χ4v) is 2.99. The van der Waals surface area contributed by atoms with Crippen LogP contribution in [0.1, 0.15) is 81.0 Å². The smallest absolute Gasteiger partial charge is 0.275 e. The molecule has 0 aromatic heterocycles. The molecule has 2 N–H and O–H groups in total. The summed E-state index contributed by atoms with van der Waals surface area (Å²) in [6, 6.07) is 6.55. The minimum atomic E-state index is -0.346. The molecule has 0 radical (unpaired) electrons. The number of nitrogens with zero attached hydrogens (tertiary/aromatic N) is 1. The summed E-state index contributed by atoms with van der Waals surface area (Å²) in [5.41, 5.74) is 3.96. The van der Waals surface area contributed by atoms with Crippen LogP contribution in [0.5, 0.6) is 5.75 Å². The highest BCUT2D eigenvalue weighted by atomic mass is 16.3. The van der Waals surface area contributed by atoms with Crippen molar-refractivity contribution in [1.82, 2.24) is 5.43 Å². The summed E-state index contributed by atoms with van der Waals surface area (Å²) >= 11 is 0. The molecule has 1 saturated carbocycles. The Morgan fingerprint density at radius 1 is 0.870 bits per heavy atom. The van der Waals surface area contributed by atoms with Crippen molar-refractivity contribution in [1.29, 1.82) is 0 Å². The number of phenolic OH excluding ortho intramolecular Hbond substituents is 1. The lowest BCUT2D eigenvalue weighted by Crippen LogP contribution is -2.20. The first-order valence-corrected chi connectivity index (χ1v) is 8.91. The zero-order chi connectivity index (χ0) is 16.3. The molecule has 0 bridgehead atoms. The number of carbonyl (C=O) groups excluding carboxylic acids is 1. The largest absolute Gasteiger partial charge is 0.507 e. The topological polar surface area (TPSA) is 61.7 Å². The maximum absolute atomic E-state index is 12.1. The summed E-state index contributed by atoms with van der Waals surface area (Å²) in [7, 11) is 0. The van der Waals surface area contributed by atoms with Gasteiger partial charge in [0.1, 0.15) is 5.75 Å². The molecule has 4 heteroatoms. The SMILES string of the molecule is O=C(NN=C1CCCCCCCCCCC1)c1ccccc1O. The van der Waals surface area contributed by atoms with Crippen LogP contribution in [0.3, 0.4) is 0 Å². The van der Waals surface area contributed by atoms with Crippen molar-refractivity contribution in [3.63, 3.8) is 0 Å². The van der Waals surface area contributed by atoms with E-state index in [4.69, 9.17) is 0 Å². The Morgan fingerprint density at radius 2 is 1.39 bits per heavy atom. The second kappa shape index (κ2) is 10.0. The average Bonchev–Trinajstić information content (AvgIpc) is 2.54. The Balaban J connectivity index is 1.91. The van der Waals surface area contributed by atoms with E-state index in [2.05, 4.69) is 10.5 Å². The number of hydrazone groups is 1. The molecule has 126 valence electrons. The fraction of sp³-hybridized carbons (Fsp3) is 0.579. The molecule has 1 aromatic carbocycles. The molecule has 0 heterocycles. The van der Waals surface area contributed by atoms with Gasteiger partial charge in [-0.15, -0.1) is 0 Å². The van der Waals surface area contributed by atoms with Gasteiger partial charge in [-0.25, -0.2) is 5.43 Å². The number of hydrogen-bond donors (Lipinski definition) is 2. The highest BCUT2D eigenvalue weighted by molar-refractivity contribution is 5.97. The van der Waals surface area contributed by atoms with Crippen LogP contribution in [0.4, 0.5) is 0 Å². The van der Waals surface area contributed by atoms with E-state index >= 15 is 0 Å². The number of para-hydroxylation sites is 1. The van der Waals surface area contributed by atoms with Crippen molar-refractivity contribution in [2.75, 3.05) is 0 Å². The molecule has 1 fully saturated rings. The monoisotopic (exact) mass is 316 g/mol. The summed E-state index contributed by atoms with van der Waals surface area (Å²) in [6.07, 6.45) is 13.4. The minimum absolute atomic E-state index is 0.0103. The van der Waals surface area contributed by atoms with Gasteiger partial charge in [-0.05, 0) is 37.8 Å². The van der Waals surface area contributed by atoms with Gasteiger partial charge in [0.15, 0.2) is 0 Å². The van der Waals surface area contributed by atoms with E-state index in [1.165, 1.54) is 51.0 Å². The van der Waals surface area contributed by atoms with E-state index in [-0.39, 0.29) is 17.2 Å². The van der Waals surface area contributed by atoms with Crippen molar-refractivity contribution in [3.8, 4) is 5.75 Å². The van der Waals surface area contributed by atoms with Crippen LogP contribution in [0.15, 0.2) is 29.4 Å². The van der Waals surface area contributed by atoms with Gasteiger partial charge >= 0.3 is 0 Å². The Morgan fingerprint density at radius 3 is 1.96 bits per heavy atom. The van der Waals surface area contributed by atoms with Gasteiger partial charge in [-0.2, -0.15) is 5.10 Å². The average molecular weight is 316 g/mol. The van der Waals surface area contributed by atoms with Gasteiger partial charge in [0.2, 0.25) is 0 Å². The molecule has 0 spiro atoms. The van der Waals surface area contributed by atoms with Crippen molar-refractivity contribution in [3.05, 3.63) is 29.8 Å². The Bertz CT molecular complexity index is 512. The summed E-state index contributed by atoms with van der Waals surface area (Å²) < 4.78 is 0. The predicted octanol–water partition coefficient (Wildman–Crippen LogP) is 4.78. The molecule has 1 aliphatic rings. The minimum Gasteiger partial charge on any atom is -0.507 e. The zero-order valence-corrected chi connectivity index (χ0v) is 13.9. The third kappa shape index (κ3) is 6.43. The van der Waals surface area contributed by atoms with E-state index in [0.29, 0.717) is 0 Å². The standard InChI is InChI=1S/C19H28N2O2/c22-18-15-11-10-14-17(18)19(23)21-20-16-12-8-6-4-2-1-3-5-7-9-13-16/h10-11,14-15,22H,1-9,12-13H2,(H,21,23). The fourth-order valence-electron chi connectivity index (χ4n) is 2.99. The molecule has 0 aliphatic heterocycles. The maximum atomic E-state index is 12.1. The summed E-state index contributed by atoms with van der Waals surface area (Å²) in [4.78, 5) is 12.1. The van der Waals surface area contributed by atoms with Gasteiger partial charge in [-0.1, -0.05) is 57.1 Å². The molecular formula is C19H28N2O2. The number of carbonyl (C=O) groups is 1. The molecule has 1 aromatic rings. The quantitative estimate of drug-likeness (QED) is 0.771. The van der Waals surface area contributed by atoms with Gasteiger partial charge in [-0.3, -0.25) is 4.79 Å². The first-order valence-electron chi connectivity index (χ1n) is 8.91. The Labute approximate surface area is 139 Å². The summed E-state index contributed by atoms with van der Waals surface area (Å²) in [5.74, 6) is -0.356. The first kappa shape index (κ1) is 17.5. The van der Waals surface area contributed by atoms with Gasteiger partial charge in [0.25, 0.3) is 5.91 Å². The highest BCUT2D eigenvalue weighted by Gasteiger charge is 2.10. The molecule has 0 atom stereocenters. The van der Waals surface area contributed by atoms with Crippen molar-refractivity contribution in [2.24, 2.45) is 5.10 Å². The van der Waals surface area contributed by atoms with E-state index in [0.717, 1.165) is 31.4 Å². The number of hydrogen-bond acceptors (Lipinski definition) is 3. The van der Waals surface area contributed by atoms with E-state index < -0.39 is 0 Å². The number of benzene rings is 1. The number of phenols is 1. The lowest BCUT2D eigenvalue weighted by molar-refractivity contribution is 0.0952. The second-order valence-corrected chi connectivity index (χ2v) is 6.32. The van der Waals surface area contributed by atoms with Crippen molar-refractivity contribution < 1.29 is 9.90 Å². The van der Waals surface area contributed by atoms with Crippen LogP contribution in [-0.4, -0.2) is 16.7 Å². The highest BCUT2D eigenvalue weighted by Crippen LogP contribution is 2.17. The Kier molecular flexibility index (Phi) is 7.64. The molecule has 4 nitrogen and oxygen atoms in total. The van der Waals surface area contributed by atoms with Gasteiger partial charge in [0.05, 0.1) is 5.56 Å². The lowest BCUT2D eigenvalue weighted by atomic mass is 10.00. The molecule has 1 amide bonds. The van der Waals surface area contributed by atoms with Crippen LogP contribution in [0, 0.1) is 0 Å². The Hall–Kier alpha value is -1.84. The van der Waals surface area contributed by atoms with E-state index in [1.807, 2.05) is 0 Å². The summed E-state index contributed by atoms with van der Waals surface area (Å²) in [5, 5.41) is 14.1. The molecule has 1 aliphatic carbocycles. The molecule has 23 heavy (non-hydrogen) atoms. The number of aromatic hydroxyl groups is 1. The van der Waals surface area contributed by atoms with Crippen LogP contribution >= 0.6 is 0 Å². The molecule has 2 rings (SSSR count). The zero-order valence-electron chi connectivity index (χ0n) is 13.9. The number of amides is 1. The van der Waals surface area contributed by atoms with Crippen molar-refractivity contribution in [2.45, 2.75) is 70.6 Å². The van der Waals surface area contributed by atoms with Gasteiger partial charge < -0.3 is 5.11 Å². The van der Waals surface area contributed by atoms with Crippen LogP contribution in [0.25, 0.3) is 0 Å². The van der Waals surface area contributed by atoms with E-state index in [9.17, 15) is 9.90 Å². The van der Waals surface area contributed by atoms with E-state index in [1.54, 1.807) is 18.2 Å². The second-order valence-electron chi connectivity index (χ2n) is 6.32. The predicted molar refractivity (Wildman–Crippen MR) is 93.8 cm³/mol. The number of nitrogens with one attached hydrogen (secondary N) is 1. The van der Waals surface area contributed by atoms with Gasteiger partial charge in [0, 0.05) is 5.71 Å². The van der Waals surface area contributed by atoms with Crippen molar-refractivity contribution >= 4 is 11.6 Å². The molecule has 0 saturated heterocycles. The molecule has 0 unspecified atom stereocenters. The number of rotatable bonds is 2. The van der Waals surface area contributed by atoms with Crippen LogP contribution < -0.4 is 5.43 Å². The normalized spacial score (nSPS) is 17.7. The third-order valence-corrected chi connectivity index (χ3v) is 4.39. The molecular weight excluding hydrogens is 288 g/mol. The third-order valence-electron chi connectivity index (χ3n) is 4.39.